The number of pyridine rings is 1. The van der Waals surface area contributed by atoms with E-state index in [0.29, 0.717) is 34.0 Å². The lowest BCUT2D eigenvalue weighted by Gasteiger charge is -2.26. The molecule has 1 aliphatic heterocycles. The van der Waals surface area contributed by atoms with Crippen LogP contribution in [0.2, 0.25) is 0 Å². The highest BCUT2D eigenvalue weighted by molar-refractivity contribution is 14.1. The predicted octanol–water partition coefficient (Wildman–Crippen LogP) is 4.01. The Labute approximate surface area is 150 Å². The molecule has 24 heavy (non-hydrogen) atoms. The molecular formula is C15H12FIN6O. The van der Waals surface area contributed by atoms with Gasteiger partial charge in [-0.3, -0.25) is 5.41 Å². The second-order valence-electron chi connectivity index (χ2n) is 5.14. The lowest BCUT2D eigenvalue weighted by molar-refractivity contribution is 0.309. The Morgan fingerprint density at radius 3 is 3.04 bits per heavy atom. The van der Waals surface area contributed by atoms with Gasteiger partial charge in [0.15, 0.2) is 11.6 Å². The number of likely N-dealkylation sites (N-methyl/N-ethyl adjacent to an activating group) is 1. The molecule has 2 aromatic rings. The van der Waals surface area contributed by atoms with Gasteiger partial charge in [-0.2, -0.15) is 0 Å². The first kappa shape index (κ1) is 16.5. The summed E-state index contributed by atoms with van der Waals surface area (Å²) in [6.45, 7) is 1.27. The van der Waals surface area contributed by atoms with Gasteiger partial charge in [-0.15, -0.1) is 0 Å². The molecule has 1 aromatic carbocycles. The maximum Gasteiger partial charge on any atom is 0.171 e. The molecule has 1 aromatic heterocycles. The quantitative estimate of drug-likeness (QED) is 0.258. The molecule has 7 nitrogen and oxygen atoms in total. The van der Waals surface area contributed by atoms with E-state index >= 15 is 0 Å². The van der Waals surface area contributed by atoms with Crippen LogP contribution in [0.15, 0.2) is 29.4 Å². The Balaban J connectivity index is 2.08. The van der Waals surface area contributed by atoms with Crippen LogP contribution in [0.1, 0.15) is 11.3 Å². The van der Waals surface area contributed by atoms with Crippen LogP contribution in [0.3, 0.4) is 0 Å². The molecule has 0 bridgehead atoms. The van der Waals surface area contributed by atoms with Crippen LogP contribution in [0.25, 0.3) is 10.4 Å². The topological polar surface area (TPSA) is 98.0 Å². The summed E-state index contributed by atoms with van der Waals surface area (Å²) in [4.78, 5) is 9.12. The van der Waals surface area contributed by atoms with Crippen molar-refractivity contribution < 1.29 is 9.13 Å². The first-order chi connectivity index (χ1) is 11.5. The van der Waals surface area contributed by atoms with Crippen LogP contribution in [0.5, 0.6) is 5.75 Å². The Bertz CT molecular complexity index is 881. The molecule has 122 valence electrons. The minimum absolute atomic E-state index is 0.0190. The molecule has 0 saturated carbocycles. The van der Waals surface area contributed by atoms with E-state index in [-0.39, 0.29) is 17.0 Å². The van der Waals surface area contributed by atoms with Crippen LogP contribution in [-0.4, -0.2) is 30.9 Å². The maximum absolute atomic E-state index is 13.9. The largest absolute Gasteiger partial charge is 0.488 e. The van der Waals surface area contributed by atoms with Gasteiger partial charge >= 0.3 is 0 Å². The number of nitrogens with one attached hydrogen (secondary N) is 1. The number of hydrogen-bond donors (Lipinski definition) is 1. The smallest absolute Gasteiger partial charge is 0.171 e. The van der Waals surface area contributed by atoms with Gasteiger partial charge < -0.3 is 9.64 Å². The summed E-state index contributed by atoms with van der Waals surface area (Å²) >= 11 is 1.81. The summed E-state index contributed by atoms with van der Waals surface area (Å²) in [7, 11) is 1.89. The lowest BCUT2D eigenvalue weighted by Crippen LogP contribution is -2.30. The van der Waals surface area contributed by atoms with Crippen molar-refractivity contribution in [2.75, 3.05) is 25.1 Å². The monoisotopic (exact) mass is 438 g/mol. The molecule has 0 fully saturated rings. The third-order valence-electron chi connectivity index (χ3n) is 3.60. The van der Waals surface area contributed by atoms with Crippen molar-refractivity contribution in [2.24, 2.45) is 5.11 Å². The summed E-state index contributed by atoms with van der Waals surface area (Å²) < 4.78 is 19.8. The molecule has 1 N–H and O–H groups in total. The minimum Gasteiger partial charge on any atom is -0.488 e. The first-order valence-electron chi connectivity index (χ1n) is 6.99. The molecule has 1 aliphatic rings. The van der Waals surface area contributed by atoms with Crippen LogP contribution >= 0.6 is 22.6 Å². The van der Waals surface area contributed by atoms with Crippen molar-refractivity contribution in [1.29, 1.82) is 5.41 Å². The number of ether oxygens (including phenoxy) is 1. The van der Waals surface area contributed by atoms with E-state index in [9.17, 15) is 4.39 Å². The van der Waals surface area contributed by atoms with Gasteiger partial charge in [0.1, 0.15) is 12.4 Å². The zero-order valence-electron chi connectivity index (χ0n) is 12.6. The van der Waals surface area contributed by atoms with E-state index in [1.54, 1.807) is 12.1 Å². The molecule has 9 heteroatoms. The molecule has 0 saturated heterocycles. The molecule has 0 unspecified atom stereocenters. The minimum atomic E-state index is -0.481. The summed E-state index contributed by atoms with van der Waals surface area (Å²) in [6.07, 6.45) is 0. The van der Waals surface area contributed by atoms with Gasteiger partial charge in [0.2, 0.25) is 0 Å². The molecule has 0 radical (unpaired) electrons. The number of anilines is 1. The molecule has 3 rings (SSSR count). The van der Waals surface area contributed by atoms with E-state index in [1.807, 2.05) is 34.5 Å². The van der Waals surface area contributed by atoms with Gasteiger partial charge in [0, 0.05) is 26.8 Å². The molecule has 0 amide bonds. The standard InChI is InChI=1S/C15H12FIN6O/c1-23-4-5-24-13-3-2-11(20-15(13)23)14(18)8-6-9(16)10(17)7-12(8)21-22-19/h2-3,6-7,18H,4-5H2,1H3. The lowest BCUT2D eigenvalue weighted by atomic mass is 10.0. The maximum atomic E-state index is 13.9. The zero-order chi connectivity index (χ0) is 17.3. The van der Waals surface area contributed by atoms with E-state index in [4.69, 9.17) is 15.7 Å². The average Bonchev–Trinajstić information content (AvgIpc) is 2.58. The molecule has 0 spiro atoms. The average molecular weight is 438 g/mol. The number of rotatable bonds is 3. The number of aromatic nitrogens is 1. The van der Waals surface area contributed by atoms with E-state index in [2.05, 4.69) is 15.0 Å². The van der Waals surface area contributed by atoms with Crippen molar-refractivity contribution in [1.82, 2.24) is 4.98 Å². The van der Waals surface area contributed by atoms with Gasteiger partial charge in [0.05, 0.1) is 18.0 Å². The fourth-order valence-electron chi connectivity index (χ4n) is 2.36. The fraction of sp³-hybridized carbons (Fsp3) is 0.200. The number of halogens is 2. The summed E-state index contributed by atoms with van der Waals surface area (Å²) in [5.74, 6) is 0.787. The highest BCUT2D eigenvalue weighted by atomic mass is 127. The van der Waals surface area contributed by atoms with Crippen molar-refractivity contribution in [3.05, 3.63) is 55.4 Å². The van der Waals surface area contributed by atoms with Crippen LogP contribution in [-0.2, 0) is 0 Å². The second kappa shape index (κ2) is 6.62. The SMILES string of the molecule is CN1CCOc2ccc(C(=N)c3cc(F)c(I)cc3N=[N+]=[N-])nc21. The number of fused-ring (bicyclic) bond motifs is 1. The van der Waals surface area contributed by atoms with Crippen LogP contribution < -0.4 is 9.64 Å². The second-order valence-corrected chi connectivity index (χ2v) is 6.30. The third kappa shape index (κ3) is 3.00. The number of benzene rings is 1. The number of hydrogen-bond acceptors (Lipinski definition) is 5. The summed E-state index contributed by atoms with van der Waals surface area (Å²) in [5.41, 5.74) is 9.42. The Kier molecular flexibility index (Phi) is 4.54. The molecular weight excluding hydrogens is 426 g/mol. The molecule has 2 heterocycles. The Hall–Kier alpha value is -2.39. The third-order valence-corrected chi connectivity index (χ3v) is 4.43. The highest BCUT2D eigenvalue weighted by Gasteiger charge is 2.20. The molecule has 0 atom stereocenters. The highest BCUT2D eigenvalue weighted by Crippen LogP contribution is 2.31. The van der Waals surface area contributed by atoms with E-state index in [0.717, 1.165) is 0 Å². The van der Waals surface area contributed by atoms with Gasteiger partial charge in [0.25, 0.3) is 0 Å². The van der Waals surface area contributed by atoms with Crippen LogP contribution in [0.4, 0.5) is 15.9 Å². The molecule has 0 aliphatic carbocycles. The van der Waals surface area contributed by atoms with Crippen molar-refractivity contribution in [3.63, 3.8) is 0 Å². The zero-order valence-corrected chi connectivity index (χ0v) is 14.8. The van der Waals surface area contributed by atoms with Gasteiger partial charge in [-0.1, -0.05) is 5.11 Å². The Morgan fingerprint density at radius 1 is 1.50 bits per heavy atom. The first-order valence-corrected chi connectivity index (χ1v) is 8.07. The summed E-state index contributed by atoms with van der Waals surface area (Å²) in [5, 5.41) is 11.9. The predicted molar refractivity (Wildman–Crippen MR) is 96.9 cm³/mol. The fourth-order valence-corrected chi connectivity index (χ4v) is 2.82. The van der Waals surface area contributed by atoms with Crippen LogP contribution in [0, 0.1) is 14.8 Å². The van der Waals surface area contributed by atoms with Crippen molar-refractivity contribution in [3.8, 4) is 5.75 Å². The van der Waals surface area contributed by atoms with Crippen molar-refractivity contribution in [2.45, 2.75) is 0 Å². The van der Waals surface area contributed by atoms with E-state index in [1.165, 1.54) is 12.1 Å². The number of nitrogens with zero attached hydrogens (tertiary/aromatic N) is 5. The number of azide groups is 1. The Morgan fingerprint density at radius 2 is 2.29 bits per heavy atom. The normalized spacial score (nSPS) is 12.9. The van der Waals surface area contributed by atoms with Gasteiger partial charge in [-0.05, 0) is 52.4 Å². The van der Waals surface area contributed by atoms with Gasteiger partial charge in [-0.25, -0.2) is 9.37 Å². The van der Waals surface area contributed by atoms with E-state index < -0.39 is 5.82 Å². The summed E-state index contributed by atoms with van der Waals surface area (Å²) in [6, 6.07) is 5.97. The van der Waals surface area contributed by atoms with Crippen molar-refractivity contribution >= 4 is 39.8 Å².